The predicted octanol–water partition coefficient (Wildman–Crippen LogP) is 2.81. The normalized spacial score (nSPS) is 18.5. The molecule has 24 heavy (non-hydrogen) atoms. The third-order valence-electron chi connectivity index (χ3n) is 4.52. The fourth-order valence-electron chi connectivity index (χ4n) is 3.27. The Morgan fingerprint density at radius 1 is 1.29 bits per heavy atom. The van der Waals surface area contributed by atoms with Gasteiger partial charge >= 0.3 is 0 Å². The van der Waals surface area contributed by atoms with Gasteiger partial charge in [0.2, 0.25) is 5.89 Å². The van der Waals surface area contributed by atoms with Crippen LogP contribution in [0.2, 0.25) is 0 Å². The molecular formula is C17H21N5O2. The van der Waals surface area contributed by atoms with Crippen molar-refractivity contribution in [1.82, 2.24) is 24.9 Å². The molecule has 0 radical (unpaired) electrons. The van der Waals surface area contributed by atoms with E-state index >= 15 is 0 Å². The van der Waals surface area contributed by atoms with Gasteiger partial charge in [-0.25, -0.2) is 0 Å². The highest BCUT2D eigenvalue weighted by molar-refractivity contribution is 5.49. The van der Waals surface area contributed by atoms with Crippen LogP contribution in [-0.2, 0) is 13.1 Å². The van der Waals surface area contributed by atoms with E-state index in [1.807, 2.05) is 23.9 Å². The molecular weight excluding hydrogens is 306 g/mol. The highest BCUT2D eigenvalue weighted by Gasteiger charge is 2.27. The van der Waals surface area contributed by atoms with Gasteiger partial charge in [0.25, 0.3) is 5.89 Å². The molecule has 1 unspecified atom stereocenters. The smallest absolute Gasteiger partial charge is 0.283 e. The lowest BCUT2D eigenvalue weighted by molar-refractivity contribution is 0.200. The quantitative estimate of drug-likeness (QED) is 0.717. The van der Waals surface area contributed by atoms with Crippen molar-refractivity contribution in [1.29, 1.82) is 0 Å². The maximum absolute atomic E-state index is 5.79. The lowest BCUT2D eigenvalue weighted by atomic mass is 10.2. The topological polar surface area (TPSA) is 73.1 Å². The van der Waals surface area contributed by atoms with Crippen LogP contribution in [0, 0.1) is 13.8 Å². The number of hydrogen-bond donors (Lipinski definition) is 0. The van der Waals surface area contributed by atoms with Crippen LogP contribution in [0.3, 0.4) is 0 Å². The van der Waals surface area contributed by atoms with Gasteiger partial charge in [-0.2, -0.15) is 5.10 Å². The molecule has 126 valence electrons. The van der Waals surface area contributed by atoms with Gasteiger partial charge in [0.1, 0.15) is 0 Å². The third-order valence-corrected chi connectivity index (χ3v) is 4.52. The average Bonchev–Trinajstić information content (AvgIpc) is 3.31. The lowest BCUT2D eigenvalue weighted by Gasteiger charge is -2.22. The van der Waals surface area contributed by atoms with Crippen LogP contribution < -0.4 is 0 Å². The highest BCUT2D eigenvalue weighted by atomic mass is 16.4. The Morgan fingerprint density at radius 3 is 2.96 bits per heavy atom. The zero-order chi connectivity index (χ0) is 16.5. The second kappa shape index (κ2) is 6.24. The Morgan fingerprint density at radius 2 is 2.21 bits per heavy atom. The molecule has 3 aromatic heterocycles. The van der Waals surface area contributed by atoms with E-state index < -0.39 is 0 Å². The number of hydrogen-bond acceptors (Lipinski definition) is 6. The summed E-state index contributed by atoms with van der Waals surface area (Å²) < 4.78 is 13.2. The standard InChI is InChI=1S/C17H21N5O2/c1-12-8-18-22(9-12)10-14-4-3-6-21(14)11-15-19-20-17(24-15)16-13(2)5-7-23-16/h5,7-9,14H,3-4,6,10-11H2,1-2H3. The Balaban J connectivity index is 1.44. The number of furan rings is 1. The van der Waals surface area contributed by atoms with Gasteiger partial charge < -0.3 is 8.83 Å². The summed E-state index contributed by atoms with van der Waals surface area (Å²) in [5.41, 5.74) is 2.19. The van der Waals surface area contributed by atoms with Crippen LogP contribution in [-0.4, -0.2) is 37.5 Å². The van der Waals surface area contributed by atoms with Crippen LogP contribution in [0.15, 0.2) is 33.6 Å². The van der Waals surface area contributed by atoms with E-state index in [4.69, 9.17) is 8.83 Å². The fraction of sp³-hybridized carbons (Fsp3) is 0.471. The largest absolute Gasteiger partial charge is 0.459 e. The molecule has 7 heteroatoms. The van der Waals surface area contributed by atoms with Gasteiger partial charge in [-0.3, -0.25) is 9.58 Å². The summed E-state index contributed by atoms with van der Waals surface area (Å²) >= 11 is 0. The highest BCUT2D eigenvalue weighted by Crippen LogP contribution is 2.25. The molecule has 4 rings (SSSR count). The number of rotatable bonds is 5. The second-order valence-electron chi connectivity index (χ2n) is 6.44. The minimum absolute atomic E-state index is 0.449. The maximum Gasteiger partial charge on any atom is 0.283 e. The average molecular weight is 327 g/mol. The molecule has 1 fully saturated rings. The first-order valence-corrected chi connectivity index (χ1v) is 8.29. The predicted molar refractivity (Wildman–Crippen MR) is 87.1 cm³/mol. The van der Waals surface area contributed by atoms with Crippen molar-refractivity contribution in [2.24, 2.45) is 0 Å². The van der Waals surface area contributed by atoms with Crippen molar-refractivity contribution in [3.63, 3.8) is 0 Å². The first-order valence-electron chi connectivity index (χ1n) is 8.29. The molecule has 7 nitrogen and oxygen atoms in total. The summed E-state index contributed by atoms with van der Waals surface area (Å²) in [6.07, 6.45) is 7.97. The molecule has 4 heterocycles. The number of aromatic nitrogens is 4. The number of likely N-dealkylation sites (tertiary alicyclic amines) is 1. The summed E-state index contributed by atoms with van der Waals surface area (Å²) in [6.45, 7) is 6.63. The summed E-state index contributed by atoms with van der Waals surface area (Å²) in [6, 6.07) is 2.34. The van der Waals surface area contributed by atoms with E-state index in [0.717, 1.165) is 25.1 Å². The Hall–Kier alpha value is -2.41. The van der Waals surface area contributed by atoms with Crippen LogP contribution in [0.25, 0.3) is 11.7 Å². The van der Waals surface area contributed by atoms with Crippen molar-refractivity contribution in [2.45, 2.75) is 45.8 Å². The zero-order valence-corrected chi connectivity index (χ0v) is 14.0. The van der Waals surface area contributed by atoms with Gasteiger partial charge in [0.05, 0.1) is 25.5 Å². The second-order valence-corrected chi connectivity index (χ2v) is 6.44. The summed E-state index contributed by atoms with van der Waals surface area (Å²) in [4.78, 5) is 2.39. The van der Waals surface area contributed by atoms with Crippen LogP contribution >= 0.6 is 0 Å². The summed E-state index contributed by atoms with van der Waals surface area (Å²) in [7, 11) is 0. The lowest BCUT2D eigenvalue weighted by Crippen LogP contribution is -2.32. The fourth-order valence-corrected chi connectivity index (χ4v) is 3.27. The molecule has 0 aliphatic carbocycles. The molecule has 0 amide bonds. The van der Waals surface area contributed by atoms with Gasteiger partial charge in [-0.15, -0.1) is 10.2 Å². The minimum Gasteiger partial charge on any atom is -0.459 e. The molecule has 1 atom stereocenters. The van der Waals surface area contributed by atoms with Crippen molar-refractivity contribution in [3.05, 3.63) is 41.7 Å². The minimum atomic E-state index is 0.449. The number of aryl methyl sites for hydroxylation is 2. The van der Waals surface area contributed by atoms with Gasteiger partial charge in [-0.05, 0) is 44.9 Å². The zero-order valence-electron chi connectivity index (χ0n) is 14.0. The molecule has 1 aliphatic heterocycles. The van der Waals surface area contributed by atoms with Crippen LogP contribution in [0.5, 0.6) is 0 Å². The van der Waals surface area contributed by atoms with Crippen molar-refractivity contribution >= 4 is 0 Å². The molecule has 0 N–H and O–H groups in total. The Kier molecular flexibility index (Phi) is 3.93. The van der Waals surface area contributed by atoms with Gasteiger partial charge in [0, 0.05) is 17.8 Å². The molecule has 3 aromatic rings. The molecule has 0 saturated carbocycles. The monoisotopic (exact) mass is 327 g/mol. The van der Waals surface area contributed by atoms with Crippen molar-refractivity contribution in [3.8, 4) is 11.7 Å². The van der Waals surface area contributed by atoms with Gasteiger partial charge in [0.15, 0.2) is 5.76 Å². The van der Waals surface area contributed by atoms with Crippen molar-refractivity contribution < 1.29 is 8.83 Å². The Bertz CT molecular complexity index is 818. The summed E-state index contributed by atoms with van der Waals surface area (Å²) in [5.74, 6) is 1.73. The maximum atomic E-state index is 5.79. The third kappa shape index (κ3) is 2.99. The van der Waals surface area contributed by atoms with E-state index in [-0.39, 0.29) is 0 Å². The Labute approximate surface area is 140 Å². The van der Waals surface area contributed by atoms with E-state index in [0.29, 0.717) is 30.1 Å². The first-order chi connectivity index (χ1) is 11.7. The van der Waals surface area contributed by atoms with E-state index in [2.05, 4.69) is 33.3 Å². The number of nitrogens with zero attached hydrogens (tertiary/aromatic N) is 5. The van der Waals surface area contributed by atoms with Crippen LogP contribution in [0.4, 0.5) is 0 Å². The van der Waals surface area contributed by atoms with E-state index in [9.17, 15) is 0 Å². The van der Waals surface area contributed by atoms with Gasteiger partial charge in [-0.1, -0.05) is 0 Å². The van der Waals surface area contributed by atoms with Crippen LogP contribution in [0.1, 0.15) is 29.9 Å². The molecule has 1 saturated heterocycles. The van der Waals surface area contributed by atoms with E-state index in [1.165, 1.54) is 12.0 Å². The molecule has 0 aromatic carbocycles. The SMILES string of the molecule is Cc1cnn(CC2CCCN2Cc2nnc(-c3occc3C)o2)c1. The molecule has 1 aliphatic rings. The molecule has 0 spiro atoms. The van der Waals surface area contributed by atoms with Crippen molar-refractivity contribution in [2.75, 3.05) is 6.54 Å². The first kappa shape index (κ1) is 15.1. The van der Waals surface area contributed by atoms with E-state index in [1.54, 1.807) is 6.26 Å². The summed E-state index contributed by atoms with van der Waals surface area (Å²) in [5, 5.41) is 12.7. The molecule has 0 bridgehead atoms.